The zero-order valence-electron chi connectivity index (χ0n) is 10.6. The van der Waals surface area contributed by atoms with Gasteiger partial charge in [0.2, 0.25) is 0 Å². The van der Waals surface area contributed by atoms with Gasteiger partial charge in [-0.3, -0.25) is 4.79 Å². The highest BCUT2D eigenvalue weighted by molar-refractivity contribution is 5.94. The van der Waals surface area contributed by atoms with Crippen LogP contribution in [0.4, 0.5) is 0 Å². The van der Waals surface area contributed by atoms with Gasteiger partial charge >= 0.3 is 0 Å². The molecule has 1 aromatic rings. The van der Waals surface area contributed by atoms with E-state index in [9.17, 15) is 4.79 Å². The van der Waals surface area contributed by atoms with Gasteiger partial charge in [-0.1, -0.05) is 18.2 Å². The summed E-state index contributed by atoms with van der Waals surface area (Å²) in [7, 11) is 0. The number of amides is 1. The summed E-state index contributed by atoms with van der Waals surface area (Å²) in [5.41, 5.74) is 0.830. The highest BCUT2D eigenvalue weighted by Gasteiger charge is 2.35. The molecule has 3 heteroatoms. The van der Waals surface area contributed by atoms with Gasteiger partial charge in [0.15, 0.2) is 0 Å². The molecule has 2 aliphatic rings. The summed E-state index contributed by atoms with van der Waals surface area (Å²) in [6.45, 7) is 1.99. The van der Waals surface area contributed by atoms with E-state index in [0.29, 0.717) is 12.1 Å². The van der Waals surface area contributed by atoms with Crippen LogP contribution < -0.4 is 5.32 Å². The van der Waals surface area contributed by atoms with Crippen LogP contribution in [0.2, 0.25) is 0 Å². The minimum atomic E-state index is 0.217. The molecule has 0 radical (unpaired) electrons. The summed E-state index contributed by atoms with van der Waals surface area (Å²) in [5.74, 6) is 0.217. The number of carbonyl (C=O) groups excluding carboxylic acids is 1. The molecule has 3 nitrogen and oxygen atoms in total. The summed E-state index contributed by atoms with van der Waals surface area (Å²) in [5, 5.41) is 3.46. The number of nitrogens with one attached hydrogen (secondary N) is 1. The Kier molecular flexibility index (Phi) is 3.33. The molecule has 18 heavy (non-hydrogen) atoms. The minimum absolute atomic E-state index is 0.217. The van der Waals surface area contributed by atoms with Crippen molar-refractivity contribution < 1.29 is 4.79 Å². The lowest BCUT2D eigenvalue weighted by molar-refractivity contribution is 0.0482. The molecular formula is C15H20N2O. The van der Waals surface area contributed by atoms with Gasteiger partial charge in [-0.2, -0.15) is 0 Å². The van der Waals surface area contributed by atoms with E-state index in [1.807, 2.05) is 30.3 Å². The van der Waals surface area contributed by atoms with Crippen molar-refractivity contribution in [1.82, 2.24) is 10.2 Å². The first kappa shape index (κ1) is 11.7. The molecule has 1 aromatic carbocycles. The Labute approximate surface area is 108 Å². The SMILES string of the molecule is O=C(c1ccccc1)N1[C@H]2CCC[C@@H]1CNCC2. The molecule has 2 fully saturated rings. The van der Waals surface area contributed by atoms with Crippen molar-refractivity contribution >= 4 is 5.91 Å². The van der Waals surface area contributed by atoms with Crippen molar-refractivity contribution in [2.75, 3.05) is 13.1 Å². The van der Waals surface area contributed by atoms with E-state index in [1.165, 1.54) is 6.42 Å². The summed E-state index contributed by atoms with van der Waals surface area (Å²) in [4.78, 5) is 14.8. The predicted octanol–water partition coefficient (Wildman–Crippen LogP) is 2.04. The van der Waals surface area contributed by atoms with E-state index in [4.69, 9.17) is 0 Å². The molecular weight excluding hydrogens is 224 g/mol. The maximum Gasteiger partial charge on any atom is 0.254 e. The van der Waals surface area contributed by atoms with Crippen molar-refractivity contribution in [2.45, 2.75) is 37.8 Å². The molecule has 0 saturated carbocycles. The summed E-state index contributed by atoms with van der Waals surface area (Å²) in [6.07, 6.45) is 4.66. The Morgan fingerprint density at radius 3 is 2.72 bits per heavy atom. The largest absolute Gasteiger partial charge is 0.331 e. The van der Waals surface area contributed by atoms with Crippen molar-refractivity contribution in [1.29, 1.82) is 0 Å². The fourth-order valence-electron chi connectivity index (χ4n) is 3.25. The topological polar surface area (TPSA) is 32.3 Å². The number of carbonyl (C=O) groups is 1. The van der Waals surface area contributed by atoms with E-state index in [0.717, 1.165) is 37.9 Å². The lowest BCUT2D eigenvalue weighted by atomic mass is 9.93. The molecule has 3 rings (SSSR count). The first-order valence-corrected chi connectivity index (χ1v) is 6.94. The monoisotopic (exact) mass is 244 g/mol. The Bertz CT molecular complexity index is 404. The van der Waals surface area contributed by atoms with Gasteiger partial charge in [0.25, 0.3) is 5.91 Å². The normalized spacial score (nSPS) is 27.7. The Morgan fingerprint density at radius 1 is 1.11 bits per heavy atom. The smallest absolute Gasteiger partial charge is 0.254 e. The van der Waals surface area contributed by atoms with Crippen molar-refractivity contribution in [3.8, 4) is 0 Å². The first-order chi connectivity index (χ1) is 8.86. The number of fused-ring (bicyclic) bond motifs is 2. The van der Waals surface area contributed by atoms with E-state index in [1.54, 1.807) is 0 Å². The van der Waals surface area contributed by atoms with Gasteiger partial charge in [-0.15, -0.1) is 0 Å². The molecule has 2 heterocycles. The third-order valence-corrected chi connectivity index (χ3v) is 4.15. The van der Waals surface area contributed by atoms with Gasteiger partial charge in [-0.05, 0) is 44.4 Å². The highest BCUT2D eigenvalue weighted by Crippen LogP contribution is 2.28. The molecule has 0 aromatic heterocycles. The zero-order chi connectivity index (χ0) is 12.4. The van der Waals surface area contributed by atoms with Gasteiger partial charge in [0.05, 0.1) is 0 Å². The second-order valence-corrected chi connectivity index (χ2v) is 5.31. The molecule has 2 atom stereocenters. The molecule has 2 aliphatic heterocycles. The van der Waals surface area contributed by atoms with Crippen LogP contribution in [-0.2, 0) is 0 Å². The molecule has 2 bridgehead atoms. The fraction of sp³-hybridized carbons (Fsp3) is 0.533. The summed E-state index contributed by atoms with van der Waals surface area (Å²) >= 11 is 0. The number of rotatable bonds is 1. The number of piperidine rings is 1. The zero-order valence-corrected chi connectivity index (χ0v) is 10.6. The Balaban J connectivity index is 1.87. The van der Waals surface area contributed by atoms with Crippen LogP contribution in [0.15, 0.2) is 30.3 Å². The van der Waals surface area contributed by atoms with Crippen LogP contribution in [0.1, 0.15) is 36.0 Å². The number of hydrogen-bond acceptors (Lipinski definition) is 2. The average molecular weight is 244 g/mol. The number of benzene rings is 1. The molecule has 0 aliphatic carbocycles. The van der Waals surface area contributed by atoms with E-state index < -0.39 is 0 Å². The third-order valence-electron chi connectivity index (χ3n) is 4.15. The van der Waals surface area contributed by atoms with Gasteiger partial charge in [-0.25, -0.2) is 0 Å². The minimum Gasteiger partial charge on any atom is -0.331 e. The van der Waals surface area contributed by atoms with Crippen LogP contribution in [0.25, 0.3) is 0 Å². The Morgan fingerprint density at radius 2 is 1.89 bits per heavy atom. The van der Waals surface area contributed by atoms with Crippen molar-refractivity contribution in [3.05, 3.63) is 35.9 Å². The van der Waals surface area contributed by atoms with Crippen LogP contribution in [0.3, 0.4) is 0 Å². The highest BCUT2D eigenvalue weighted by atomic mass is 16.2. The fourth-order valence-corrected chi connectivity index (χ4v) is 3.25. The van der Waals surface area contributed by atoms with Crippen LogP contribution >= 0.6 is 0 Å². The van der Waals surface area contributed by atoms with E-state index >= 15 is 0 Å². The maximum absolute atomic E-state index is 12.7. The number of hydrogen-bond donors (Lipinski definition) is 1. The maximum atomic E-state index is 12.7. The molecule has 96 valence electrons. The predicted molar refractivity (Wildman–Crippen MR) is 71.5 cm³/mol. The summed E-state index contributed by atoms with van der Waals surface area (Å²) < 4.78 is 0. The molecule has 1 amide bonds. The van der Waals surface area contributed by atoms with E-state index in [2.05, 4.69) is 10.2 Å². The molecule has 1 N–H and O–H groups in total. The Hall–Kier alpha value is -1.35. The standard InChI is InChI=1S/C15H20N2O/c18-15(12-5-2-1-3-6-12)17-13-7-4-8-14(17)11-16-10-9-13/h1-3,5-6,13-14,16H,4,7-11H2/t13-,14+/m0/s1. The van der Waals surface area contributed by atoms with Gasteiger partial charge in [0.1, 0.15) is 0 Å². The lowest BCUT2D eigenvalue weighted by Crippen LogP contribution is -2.51. The third kappa shape index (κ3) is 2.15. The second-order valence-electron chi connectivity index (χ2n) is 5.31. The van der Waals surface area contributed by atoms with Crippen LogP contribution in [-0.4, -0.2) is 36.0 Å². The molecule has 2 saturated heterocycles. The van der Waals surface area contributed by atoms with Crippen LogP contribution in [0, 0.1) is 0 Å². The van der Waals surface area contributed by atoms with E-state index in [-0.39, 0.29) is 5.91 Å². The quantitative estimate of drug-likeness (QED) is 0.820. The molecule has 0 unspecified atom stereocenters. The van der Waals surface area contributed by atoms with Crippen molar-refractivity contribution in [2.24, 2.45) is 0 Å². The van der Waals surface area contributed by atoms with Crippen LogP contribution in [0.5, 0.6) is 0 Å². The lowest BCUT2D eigenvalue weighted by Gasteiger charge is -2.40. The van der Waals surface area contributed by atoms with Crippen molar-refractivity contribution in [3.63, 3.8) is 0 Å². The number of nitrogens with zero attached hydrogens (tertiary/aromatic N) is 1. The molecule has 0 spiro atoms. The average Bonchev–Trinajstić information content (AvgIpc) is 2.54. The van der Waals surface area contributed by atoms with Gasteiger partial charge < -0.3 is 10.2 Å². The van der Waals surface area contributed by atoms with Gasteiger partial charge in [0, 0.05) is 24.2 Å². The first-order valence-electron chi connectivity index (χ1n) is 6.94. The summed E-state index contributed by atoms with van der Waals surface area (Å²) in [6, 6.07) is 10.5. The second kappa shape index (κ2) is 5.11.